The number of hydrogen-bond donors (Lipinski definition) is 1. The molecule has 0 atom stereocenters. The molecule has 0 bridgehead atoms. The Morgan fingerprint density at radius 1 is 1.17 bits per heavy atom. The van der Waals surface area contributed by atoms with Crippen LogP contribution in [0.25, 0.3) is 10.8 Å². The second kappa shape index (κ2) is 7.20. The molecule has 0 amide bonds. The van der Waals surface area contributed by atoms with E-state index < -0.39 is 0 Å². The molecule has 0 saturated heterocycles. The average Bonchev–Trinajstić information content (AvgIpc) is 3.40. The van der Waals surface area contributed by atoms with Crippen molar-refractivity contribution in [1.82, 2.24) is 15.2 Å². The van der Waals surface area contributed by atoms with Crippen LogP contribution in [0.15, 0.2) is 55.3 Å². The van der Waals surface area contributed by atoms with Crippen molar-refractivity contribution in [3.8, 4) is 10.8 Å². The van der Waals surface area contributed by atoms with Crippen molar-refractivity contribution in [3.63, 3.8) is 0 Å². The van der Waals surface area contributed by atoms with E-state index in [9.17, 15) is 0 Å². The molecule has 24 heavy (non-hydrogen) atoms. The third-order valence-electron chi connectivity index (χ3n) is 3.03. The lowest BCUT2D eigenvalue weighted by molar-refractivity contribution is 0.518. The molecule has 0 aliphatic rings. The van der Waals surface area contributed by atoms with E-state index in [1.807, 2.05) is 29.6 Å². The van der Waals surface area contributed by atoms with Crippen LogP contribution in [0.5, 0.6) is 0 Å². The van der Waals surface area contributed by atoms with Crippen LogP contribution in [0.1, 0.15) is 11.5 Å². The fourth-order valence-electron chi connectivity index (χ4n) is 1.94. The van der Waals surface area contributed by atoms with Crippen LogP contribution < -0.4 is 5.32 Å². The van der Waals surface area contributed by atoms with Crippen molar-refractivity contribution in [2.45, 2.75) is 16.6 Å². The number of hydrogen-bond acceptors (Lipinski definition) is 9. The average molecular weight is 376 g/mol. The van der Waals surface area contributed by atoms with Crippen LogP contribution in [0, 0.1) is 0 Å². The first-order valence-electron chi connectivity index (χ1n) is 7.07. The third-order valence-corrected chi connectivity index (χ3v) is 5.93. The summed E-state index contributed by atoms with van der Waals surface area (Å²) in [5.74, 6) is 2.23. The maximum Gasteiger partial charge on any atom is 0.236 e. The summed E-state index contributed by atoms with van der Waals surface area (Å²) in [6.45, 7) is 0.597. The van der Waals surface area contributed by atoms with Gasteiger partial charge in [-0.1, -0.05) is 29.2 Å². The Hall–Kier alpha value is -2.10. The first-order chi connectivity index (χ1) is 11.9. The van der Waals surface area contributed by atoms with E-state index in [1.54, 1.807) is 35.6 Å². The number of rotatable bonds is 7. The molecular weight excluding hydrogens is 364 g/mol. The minimum Gasteiger partial charge on any atom is -0.467 e. The lowest BCUT2D eigenvalue weighted by Crippen LogP contribution is -1.96. The van der Waals surface area contributed by atoms with E-state index in [0.29, 0.717) is 18.2 Å². The lowest BCUT2D eigenvalue weighted by Gasteiger charge is -1.96. The zero-order valence-corrected chi connectivity index (χ0v) is 14.8. The van der Waals surface area contributed by atoms with Crippen molar-refractivity contribution in [3.05, 3.63) is 53.6 Å². The molecule has 122 valence electrons. The van der Waals surface area contributed by atoms with Crippen LogP contribution in [0.2, 0.25) is 0 Å². The number of furan rings is 1. The van der Waals surface area contributed by atoms with Gasteiger partial charge < -0.3 is 14.2 Å². The first-order valence-corrected chi connectivity index (χ1v) is 9.76. The molecular formula is C15H12N4O2S3. The van der Waals surface area contributed by atoms with Gasteiger partial charge in [-0.3, -0.25) is 0 Å². The predicted molar refractivity (Wildman–Crippen MR) is 95.3 cm³/mol. The Labute approximate surface area is 150 Å². The molecule has 0 aliphatic carbocycles. The van der Waals surface area contributed by atoms with Gasteiger partial charge in [-0.2, -0.15) is 0 Å². The monoisotopic (exact) mass is 376 g/mol. The highest BCUT2D eigenvalue weighted by molar-refractivity contribution is 8.00. The lowest BCUT2D eigenvalue weighted by atomic mass is 10.4. The highest BCUT2D eigenvalue weighted by Crippen LogP contribution is 2.30. The fourth-order valence-corrected chi connectivity index (χ4v) is 4.22. The normalized spacial score (nSPS) is 11.0. The van der Waals surface area contributed by atoms with E-state index in [0.717, 1.165) is 25.8 Å². The molecule has 1 N–H and O–H groups in total. The highest BCUT2D eigenvalue weighted by Gasteiger charge is 2.10. The van der Waals surface area contributed by atoms with Gasteiger partial charge in [0.2, 0.25) is 11.0 Å². The molecule has 6 nitrogen and oxygen atoms in total. The molecule has 0 aromatic carbocycles. The van der Waals surface area contributed by atoms with Gasteiger partial charge in [-0.05, 0) is 23.6 Å². The second-order valence-electron chi connectivity index (χ2n) is 4.72. The van der Waals surface area contributed by atoms with Gasteiger partial charge in [0, 0.05) is 5.75 Å². The molecule has 4 heterocycles. The number of aromatic nitrogens is 3. The van der Waals surface area contributed by atoms with Gasteiger partial charge in [0.25, 0.3) is 0 Å². The Kier molecular flexibility index (Phi) is 4.63. The number of thioether (sulfide) groups is 1. The molecule has 4 aromatic heterocycles. The van der Waals surface area contributed by atoms with Gasteiger partial charge in [0.15, 0.2) is 4.34 Å². The largest absolute Gasteiger partial charge is 0.467 e. The summed E-state index contributed by atoms with van der Waals surface area (Å²) in [5.41, 5.74) is 0.892. The topological polar surface area (TPSA) is 77.0 Å². The van der Waals surface area contributed by atoms with Crippen LogP contribution >= 0.6 is 34.4 Å². The Balaban J connectivity index is 1.31. The van der Waals surface area contributed by atoms with E-state index in [2.05, 4.69) is 20.5 Å². The van der Waals surface area contributed by atoms with Gasteiger partial charge >= 0.3 is 0 Å². The molecule has 0 fully saturated rings. The molecule has 0 radical (unpaired) electrons. The fraction of sp³-hybridized carbons (Fsp3) is 0.133. The summed E-state index contributed by atoms with van der Waals surface area (Å²) < 4.78 is 11.7. The number of nitrogens with zero attached hydrogens (tertiary/aromatic N) is 3. The van der Waals surface area contributed by atoms with Crippen molar-refractivity contribution < 1.29 is 8.83 Å². The zero-order valence-electron chi connectivity index (χ0n) is 12.3. The maximum absolute atomic E-state index is 5.51. The molecule has 0 spiro atoms. The zero-order chi connectivity index (χ0) is 16.2. The highest BCUT2D eigenvalue weighted by atomic mass is 32.2. The quantitative estimate of drug-likeness (QED) is 0.466. The van der Waals surface area contributed by atoms with E-state index >= 15 is 0 Å². The Morgan fingerprint density at radius 2 is 2.17 bits per heavy atom. The third kappa shape index (κ3) is 3.69. The first kappa shape index (κ1) is 15.4. The van der Waals surface area contributed by atoms with Crippen molar-refractivity contribution in [2.75, 3.05) is 5.32 Å². The summed E-state index contributed by atoms with van der Waals surface area (Å²) in [6, 6.07) is 7.76. The van der Waals surface area contributed by atoms with Gasteiger partial charge in [-0.15, -0.1) is 21.5 Å². The van der Waals surface area contributed by atoms with Crippen LogP contribution in [0.3, 0.4) is 0 Å². The summed E-state index contributed by atoms with van der Waals surface area (Å²) in [6.07, 6.45) is 3.35. The SMILES string of the molecule is c1coc(CNc2nnc(SCc3coc(-c4cccs4)n3)s2)c1. The molecule has 0 saturated carbocycles. The van der Waals surface area contributed by atoms with Crippen molar-refractivity contribution in [1.29, 1.82) is 0 Å². The van der Waals surface area contributed by atoms with Crippen LogP contribution in [-0.4, -0.2) is 15.2 Å². The summed E-state index contributed by atoms with van der Waals surface area (Å²) in [7, 11) is 0. The molecule has 0 unspecified atom stereocenters. The second-order valence-corrected chi connectivity index (χ2v) is 7.86. The van der Waals surface area contributed by atoms with Gasteiger partial charge in [-0.25, -0.2) is 4.98 Å². The maximum atomic E-state index is 5.51. The minimum absolute atomic E-state index is 0.597. The van der Waals surface area contributed by atoms with Crippen molar-refractivity contribution in [2.24, 2.45) is 0 Å². The molecule has 9 heteroatoms. The predicted octanol–water partition coefficient (Wildman–Crippen LogP) is 4.75. The Morgan fingerprint density at radius 3 is 3.00 bits per heavy atom. The van der Waals surface area contributed by atoms with Crippen LogP contribution in [0.4, 0.5) is 5.13 Å². The standard InChI is InChI=1S/C15H12N4O2S3/c1-3-11(20-5-1)7-16-14-18-19-15(24-14)23-9-10-8-21-13(17-10)12-4-2-6-22-12/h1-6,8H,7,9H2,(H,16,18). The summed E-state index contributed by atoms with van der Waals surface area (Å²) >= 11 is 4.71. The number of oxazole rings is 1. The molecule has 4 rings (SSSR count). The molecule has 0 aliphatic heterocycles. The van der Waals surface area contributed by atoms with E-state index in [-0.39, 0.29) is 0 Å². The minimum atomic E-state index is 0.597. The smallest absolute Gasteiger partial charge is 0.236 e. The number of anilines is 1. The number of nitrogens with one attached hydrogen (secondary N) is 1. The summed E-state index contributed by atoms with van der Waals surface area (Å²) in [4.78, 5) is 5.53. The van der Waals surface area contributed by atoms with E-state index in [1.165, 1.54) is 11.3 Å². The van der Waals surface area contributed by atoms with E-state index in [4.69, 9.17) is 8.83 Å². The van der Waals surface area contributed by atoms with Gasteiger partial charge in [0.05, 0.1) is 23.4 Å². The van der Waals surface area contributed by atoms with Gasteiger partial charge in [0.1, 0.15) is 12.0 Å². The summed E-state index contributed by atoms with van der Waals surface area (Å²) in [5, 5.41) is 14.3. The van der Waals surface area contributed by atoms with Crippen LogP contribution in [-0.2, 0) is 12.3 Å². The Bertz CT molecular complexity index is 884. The number of thiophene rings is 1. The van der Waals surface area contributed by atoms with Crippen molar-refractivity contribution >= 4 is 39.6 Å². The molecule has 4 aromatic rings.